The first-order valence-electron chi connectivity index (χ1n) is 1.46. The number of phosphoric acid groups is 2. The Balaban J connectivity index is -0.0000000267. The predicted molar refractivity (Wildman–Crippen MR) is 15.2 cm³/mol. The molecule has 0 aromatic heterocycles. The predicted octanol–water partition coefficient (Wildman–Crippen LogP) is -11.6. The van der Waals surface area contributed by atoms with Crippen LogP contribution in [0.15, 0.2) is 0 Å². The molecule has 0 spiro atoms. The summed E-state index contributed by atoms with van der Waals surface area (Å²) in [5.74, 6) is 0. The molecule has 0 aliphatic carbocycles. The van der Waals surface area contributed by atoms with Crippen molar-refractivity contribution in [2.24, 2.45) is 0 Å². The van der Waals surface area contributed by atoms with Gasteiger partial charge < -0.3 is 38.5 Å². The third kappa shape index (κ3) is 190. The first-order chi connectivity index (χ1) is 4.00. The normalized spacial score (nSPS) is 9.08. The van der Waals surface area contributed by atoms with E-state index in [-0.39, 0.29) is 122 Å². The van der Waals surface area contributed by atoms with Crippen LogP contribution in [0.2, 0.25) is 0 Å². The van der Waals surface area contributed by atoms with Crippen LogP contribution >= 0.6 is 15.6 Å². The quantitative estimate of drug-likeness (QED) is 0.310. The Morgan fingerprint density at radius 1 is 0.615 bits per heavy atom. The van der Waals surface area contributed by atoms with Crippen molar-refractivity contribution in [2.45, 2.75) is 0 Å². The molecule has 13 heavy (non-hydrogen) atoms. The van der Waals surface area contributed by atoms with Crippen LogP contribution in [0.1, 0.15) is 0 Å². The van der Waals surface area contributed by atoms with Gasteiger partial charge in [-0.2, -0.15) is 15.6 Å². The molecule has 0 heterocycles. The van der Waals surface area contributed by atoms with Gasteiger partial charge in [-0.1, -0.05) is 0 Å². The first kappa shape index (κ1) is 30.3. The van der Waals surface area contributed by atoms with Gasteiger partial charge in [-0.15, -0.1) is 0 Å². The van der Waals surface area contributed by atoms with E-state index in [0.29, 0.717) is 0 Å². The molecule has 0 amide bonds. The summed E-state index contributed by atoms with van der Waals surface area (Å²) in [6.45, 7) is 0. The molecule has 64 valence electrons. The standard InChI is InChI=1S/2K.2H3O4P.Zn/c;;2*1-5(2,3)4;/h;;2*(H3,1,2,3,4);/q2*+1;;;+2/p-6. The third-order valence-electron chi connectivity index (χ3n) is 0. The van der Waals surface area contributed by atoms with Gasteiger partial charge in [-0.3, -0.25) is 0 Å². The van der Waals surface area contributed by atoms with Gasteiger partial charge in [0.2, 0.25) is 0 Å². The Bertz CT molecular complexity index is 132. The summed E-state index contributed by atoms with van der Waals surface area (Å²) in [5.41, 5.74) is 0. The molecule has 0 fully saturated rings. The first-order valence-corrected chi connectivity index (χ1v) is 4.38. The average molecular weight is 334 g/mol. The Hall–Kier alpha value is 4.12. The van der Waals surface area contributed by atoms with E-state index in [4.69, 9.17) is 38.5 Å². The summed E-state index contributed by atoms with van der Waals surface area (Å²) < 4.78 is 17.1. The van der Waals surface area contributed by atoms with Crippen LogP contribution in [0.5, 0.6) is 0 Å². The molecule has 0 aromatic carbocycles. The maximum atomic E-state index is 8.55. The fraction of sp³-hybridized carbons (Fsp3) is 0. The maximum absolute atomic E-state index is 8.55. The Labute approximate surface area is 172 Å². The second-order valence-electron chi connectivity index (χ2n) is 0.894. The third-order valence-corrected chi connectivity index (χ3v) is 0. The maximum Gasteiger partial charge on any atom is 2.00 e. The molecule has 0 aromatic rings. The van der Waals surface area contributed by atoms with Crippen molar-refractivity contribution >= 4 is 15.6 Å². The molecule has 8 nitrogen and oxygen atoms in total. The second kappa shape index (κ2) is 14.2. The summed E-state index contributed by atoms with van der Waals surface area (Å²) in [5, 5.41) is 0. The molecular formula is K2O8P2Zn-2. The molecule has 0 N–H and O–H groups in total. The van der Waals surface area contributed by atoms with Crippen LogP contribution in [0.25, 0.3) is 0 Å². The summed E-state index contributed by atoms with van der Waals surface area (Å²) in [4.78, 5) is 51.3. The Kier molecular flexibility index (Phi) is 33.0. The summed E-state index contributed by atoms with van der Waals surface area (Å²) in [6.07, 6.45) is 0. The van der Waals surface area contributed by atoms with Gasteiger partial charge in [0.15, 0.2) is 0 Å². The van der Waals surface area contributed by atoms with Crippen molar-refractivity contribution < 1.29 is 161 Å². The van der Waals surface area contributed by atoms with Crippen molar-refractivity contribution in [2.75, 3.05) is 0 Å². The van der Waals surface area contributed by atoms with E-state index in [1.54, 1.807) is 0 Å². The van der Waals surface area contributed by atoms with E-state index in [0.717, 1.165) is 0 Å². The molecule has 0 saturated carbocycles. The van der Waals surface area contributed by atoms with Crippen LogP contribution in [0.4, 0.5) is 0 Å². The molecule has 0 atom stereocenters. The van der Waals surface area contributed by atoms with Crippen molar-refractivity contribution in [1.29, 1.82) is 0 Å². The second-order valence-corrected chi connectivity index (χ2v) is 2.68. The number of hydrogen-bond acceptors (Lipinski definition) is 8. The van der Waals surface area contributed by atoms with Crippen molar-refractivity contribution in [1.82, 2.24) is 0 Å². The molecule has 0 unspecified atom stereocenters. The zero-order valence-corrected chi connectivity index (χ0v) is 17.9. The van der Waals surface area contributed by atoms with E-state index >= 15 is 0 Å². The van der Waals surface area contributed by atoms with E-state index in [1.807, 2.05) is 0 Å². The Morgan fingerprint density at radius 3 is 0.615 bits per heavy atom. The fourth-order valence-electron chi connectivity index (χ4n) is 0. The van der Waals surface area contributed by atoms with Gasteiger partial charge in [0.05, 0.1) is 0 Å². The Morgan fingerprint density at radius 2 is 0.615 bits per heavy atom. The van der Waals surface area contributed by atoms with Crippen LogP contribution in [0, 0.1) is 0 Å². The van der Waals surface area contributed by atoms with Gasteiger partial charge in [-0.25, -0.2) is 0 Å². The largest absolute Gasteiger partial charge is 2.00 e. The molecule has 0 aliphatic rings. The van der Waals surface area contributed by atoms with E-state index < -0.39 is 15.6 Å². The van der Waals surface area contributed by atoms with Crippen LogP contribution in [0.3, 0.4) is 0 Å². The van der Waals surface area contributed by atoms with Crippen LogP contribution in [-0.4, -0.2) is 0 Å². The summed E-state index contributed by atoms with van der Waals surface area (Å²) in [7, 11) is -10.8. The smallest absolute Gasteiger partial charge is 0.822 e. The SMILES string of the molecule is O=P([O-])([O-])[O-].O=P([O-])([O-])[O-].[K+].[K+].[Zn+2]. The minimum Gasteiger partial charge on any atom is -0.822 e. The van der Waals surface area contributed by atoms with Gasteiger partial charge in [0.1, 0.15) is 0 Å². The zero-order chi connectivity index (χ0) is 9.00. The monoisotopic (exact) mass is 332 g/mol. The van der Waals surface area contributed by atoms with Gasteiger partial charge in [-0.05, 0) is 0 Å². The average Bonchev–Trinajstić information content (AvgIpc) is 1.12. The van der Waals surface area contributed by atoms with E-state index in [1.165, 1.54) is 0 Å². The number of hydrogen-bond donors (Lipinski definition) is 0. The molecule has 0 radical (unpaired) electrons. The minimum atomic E-state index is -5.39. The van der Waals surface area contributed by atoms with Crippen LogP contribution < -0.4 is 132 Å². The fourth-order valence-corrected chi connectivity index (χ4v) is 0. The van der Waals surface area contributed by atoms with Crippen molar-refractivity contribution in [3.63, 3.8) is 0 Å². The minimum absolute atomic E-state index is 0. The summed E-state index contributed by atoms with van der Waals surface area (Å²) >= 11 is 0. The van der Waals surface area contributed by atoms with Crippen molar-refractivity contribution in [3.05, 3.63) is 0 Å². The number of rotatable bonds is 0. The molecule has 0 saturated heterocycles. The molecule has 0 rings (SSSR count). The molecule has 0 bridgehead atoms. The van der Waals surface area contributed by atoms with E-state index in [9.17, 15) is 0 Å². The van der Waals surface area contributed by atoms with E-state index in [2.05, 4.69) is 0 Å². The molecule has 13 heteroatoms. The van der Waals surface area contributed by atoms with Gasteiger partial charge >= 0.3 is 122 Å². The zero-order valence-electron chi connectivity index (χ0n) is 6.87. The molecular weight excluding hydrogens is 334 g/mol. The summed E-state index contributed by atoms with van der Waals surface area (Å²) in [6, 6.07) is 0. The van der Waals surface area contributed by atoms with Crippen LogP contribution in [-0.2, 0) is 28.6 Å². The van der Waals surface area contributed by atoms with Crippen molar-refractivity contribution in [3.8, 4) is 0 Å². The van der Waals surface area contributed by atoms with Gasteiger partial charge in [0.25, 0.3) is 0 Å². The molecule has 0 aliphatic heterocycles. The topological polar surface area (TPSA) is 172 Å². The van der Waals surface area contributed by atoms with Gasteiger partial charge in [0, 0.05) is 0 Å².